The van der Waals surface area contributed by atoms with Gasteiger partial charge >= 0.3 is 0 Å². The van der Waals surface area contributed by atoms with Crippen LogP contribution in [0.2, 0.25) is 0 Å². The molecule has 0 bridgehead atoms. The first kappa shape index (κ1) is 12.7. The number of aromatic nitrogens is 3. The quantitative estimate of drug-likeness (QED) is 0.619. The molecule has 18 heavy (non-hydrogen) atoms. The Morgan fingerprint density at radius 3 is 2.83 bits per heavy atom. The van der Waals surface area contributed by atoms with Gasteiger partial charge in [0.15, 0.2) is 0 Å². The number of nitrogens with zero attached hydrogens (tertiary/aromatic N) is 3. The summed E-state index contributed by atoms with van der Waals surface area (Å²) in [5.41, 5.74) is 5.94. The van der Waals surface area contributed by atoms with Crippen molar-refractivity contribution in [2.45, 2.75) is 32.9 Å². The molecule has 0 spiro atoms. The van der Waals surface area contributed by atoms with Gasteiger partial charge in [-0.3, -0.25) is 15.5 Å². The van der Waals surface area contributed by atoms with Gasteiger partial charge < -0.3 is 0 Å². The molecule has 3 N–H and O–H groups in total. The van der Waals surface area contributed by atoms with Gasteiger partial charge in [-0.25, -0.2) is 5.43 Å². The predicted molar refractivity (Wildman–Crippen MR) is 70.7 cm³/mol. The fourth-order valence-electron chi connectivity index (χ4n) is 1.99. The van der Waals surface area contributed by atoms with E-state index in [0.717, 1.165) is 29.9 Å². The fraction of sp³-hybridized carbons (Fsp3) is 0.385. The van der Waals surface area contributed by atoms with Crippen molar-refractivity contribution in [3.8, 4) is 0 Å². The third kappa shape index (κ3) is 2.57. The first-order valence-electron chi connectivity index (χ1n) is 6.16. The predicted octanol–water partition coefficient (Wildman–Crippen LogP) is 1.55. The highest BCUT2D eigenvalue weighted by Gasteiger charge is 2.16. The molecule has 2 aromatic rings. The number of nitrogens with two attached hydrogens (primary N) is 1. The van der Waals surface area contributed by atoms with E-state index in [1.54, 1.807) is 6.20 Å². The summed E-state index contributed by atoms with van der Waals surface area (Å²) in [7, 11) is 0. The van der Waals surface area contributed by atoms with Crippen molar-refractivity contribution in [1.29, 1.82) is 0 Å². The van der Waals surface area contributed by atoms with E-state index in [9.17, 15) is 0 Å². The lowest BCUT2D eigenvalue weighted by Gasteiger charge is -2.17. The maximum Gasteiger partial charge on any atom is 0.0893 e. The van der Waals surface area contributed by atoms with Crippen molar-refractivity contribution in [2.24, 2.45) is 5.84 Å². The van der Waals surface area contributed by atoms with Gasteiger partial charge in [-0.1, -0.05) is 13.0 Å². The maximum absolute atomic E-state index is 5.68. The second kappa shape index (κ2) is 5.75. The summed E-state index contributed by atoms with van der Waals surface area (Å²) in [6.45, 7) is 4.99. The van der Waals surface area contributed by atoms with E-state index in [1.165, 1.54) is 0 Å². The van der Waals surface area contributed by atoms with Crippen molar-refractivity contribution in [2.75, 3.05) is 0 Å². The van der Waals surface area contributed by atoms with Gasteiger partial charge in [0, 0.05) is 24.6 Å². The van der Waals surface area contributed by atoms with Crippen LogP contribution in [-0.4, -0.2) is 14.8 Å². The minimum Gasteiger partial charge on any atom is -0.271 e. The summed E-state index contributed by atoms with van der Waals surface area (Å²) in [6, 6.07) is 5.93. The van der Waals surface area contributed by atoms with Crippen LogP contribution in [0.5, 0.6) is 0 Å². The Kier molecular flexibility index (Phi) is 4.07. The second-order valence-electron chi connectivity index (χ2n) is 4.31. The molecule has 0 amide bonds. The molecule has 1 atom stereocenters. The first-order valence-corrected chi connectivity index (χ1v) is 6.16. The Hall–Kier alpha value is -1.72. The van der Waals surface area contributed by atoms with Crippen LogP contribution in [0.1, 0.15) is 36.3 Å². The van der Waals surface area contributed by atoms with E-state index in [4.69, 9.17) is 5.84 Å². The number of rotatable bonds is 5. The zero-order chi connectivity index (χ0) is 13.0. The van der Waals surface area contributed by atoms with Crippen LogP contribution < -0.4 is 11.3 Å². The summed E-state index contributed by atoms with van der Waals surface area (Å²) < 4.78 is 1.98. The maximum atomic E-state index is 5.68. The molecule has 0 saturated heterocycles. The molecule has 0 aromatic carbocycles. The van der Waals surface area contributed by atoms with Crippen molar-refractivity contribution >= 4 is 0 Å². The minimum atomic E-state index is -0.0767. The molecule has 0 saturated carbocycles. The Morgan fingerprint density at radius 2 is 2.22 bits per heavy atom. The molecule has 0 aliphatic rings. The van der Waals surface area contributed by atoms with Crippen LogP contribution in [0, 0.1) is 6.92 Å². The zero-order valence-corrected chi connectivity index (χ0v) is 10.8. The summed E-state index contributed by atoms with van der Waals surface area (Å²) in [5, 5.41) is 4.32. The molecule has 2 heterocycles. The Morgan fingerprint density at radius 1 is 1.39 bits per heavy atom. The molecule has 1 unspecified atom stereocenters. The largest absolute Gasteiger partial charge is 0.271 e. The lowest BCUT2D eigenvalue weighted by Crippen LogP contribution is -2.30. The minimum absolute atomic E-state index is 0.0767. The molecule has 5 heteroatoms. The lowest BCUT2D eigenvalue weighted by atomic mass is 10.1. The van der Waals surface area contributed by atoms with Crippen molar-refractivity contribution in [3.05, 3.63) is 47.5 Å². The summed E-state index contributed by atoms with van der Waals surface area (Å²) in [4.78, 5) is 4.31. The van der Waals surface area contributed by atoms with Gasteiger partial charge in [-0.2, -0.15) is 5.10 Å². The van der Waals surface area contributed by atoms with E-state index in [0.29, 0.717) is 0 Å². The molecule has 0 aliphatic carbocycles. The molecule has 0 radical (unpaired) electrons. The smallest absolute Gasteiger partial charge is 0.0893 e. The van der Waals surface area contributed by atoms with Gasteiger partial charge in [0.05, 0.1) is 11.7 Å². The van der Waals surface area contributed by atoms with Crippen LogP contribution >= 0.6 is 0 Å². The average Bonchev–Trinajstić information content (AvgIpc) is 2.82. The van der Waals surface area contributed by atoms with Crippen LogP contribution in [0.4, 0.5) is 0 Å². The molecular formula is C13H19N5. The van der Waals surface area contributed by atoms with E-state index < -0.39 is 0 Å². The Labute approximate surface area is 107 Å². The van der Waals surface area contributed by atoms with E-state index in [-0.39, 0.29) is 6.04 Å². The van der Waals surface area contributed by atoms with Gasteiger partial charge in [0.2, 0.25) is 0 Å². The van der Waals surface area contributed by atoms with E-state index in [1.807, 2.05) is 36.0 Å². The van der Waals surface area contributed by atoms with Crippen molar-refractivity contribution in [1.82, 2.24) is 20.2 Å². The highest BCUT2D eigenvalue weighted by atomic mass is 15.3. The number of nitrogens with one attached hydrogen (secondary N) is 1. The lowest BCUT2D eigenvalue weighted by molar-refractivity contribution is 0.520. The van der Waals surface area contributed by atoms with Crippen LogP contribution in [0.15, 0.2) is 30.6 Å². The average molecular weight is 245 g/mol. The molecule has 2 rings (SSSR count). The number of hydrogen-bond donors (Lipinski definition) is 2. The highest BCUT2D eigenvalue weighted by molar-refractivity contribution is 5.26. The molecule has 2 aromatic heterocycles. The van der Waals surface area contributed by atoms with Crippen molar-refractivity contribution < 1.29 is 0 Å². The molecule has 0 fully saturated rings. The number of hydrazine groups is 1. The third-order valence-corrected chi connectivity index (χ3v) is 2.91. The van der Waals surface area contributed by atoms with E-state index in [2.05, 4.69) is 22.4 Å². The molecule has 96 valence electrons. The SMILES string of the molecule is CCCn1nccc1C(NN)c1ccc(C)nc1. The zero-order valence-electron chi connectivity index (χ0n) is 10.8. The number of hydrogen-bond acceptors (Lipinski definition) is 4. The Bertz CT molecular complexity index is 488. The monoisotopic (exact) mass is 245 g/mol. The summed E-state index contributed by atoms with van der Waals surface area (Å²) in [5.74, 6) is 5.68. The third-order valence-electron chi connectivity index (χ3n) is 2.91. The Balaban J connectivity index is 2.32. The summed E-state index contributed by atoms with van der Waals surface area (Å²) in [6.07, 6.45) is 4.69. The molecular weight excluding hydrogens is 226 g/mol. The molecule has 5 nitrogen and oxygen atoms in total. The normalized spacial score (nSPS) is 12.6. The van der Waals surface area contributed by atoms with Gasteiger partial charge in [0.1, 0.15) is 0 Å². The van der Waals surface area contributed by atoms with E-state index >= 15 is 0 Å². The van der Waals surface area contributed by atoms with Crippen LogP contribution in [0.25, 0.3) is 0 Å². The van der Waals surface area contributed by atoms with Crippen LogP contribution in [-0.2, 0) is 6.54 Å². The van der Waals surface area contributed by atoms with Crippen LogP contribution in [0.3, 0.4) is 0 Å². The topological polar surface area (TPSA) is 68.8 Å². The number of pyridine rings is 1. The van der Waals surface area contributed by atoms with Gasteiger partial charge in [0.25, 0.3) is 0 Å². The fourth-order valence-corrected chi connectivity index (χ4v) is 1.99. The first-order chi connectivity index (χ1) is 8.76. The highest BCUT2D eigenvalue weighted by Crippen LogP contribution is 2.20. The second-order valence-corrected chi connectivity index (χ2v) is 4.31. The van der Waals surface area contributed by atoms with Gasteiger partial charge in [-0.15, -0.1) is 0 Å². The van der Waals surface area contributed by atoms with Gasteiger partial charge in [-0.05, 0) is 31.0 Å². The standard InChI is InChI=1S/C13H19N5/c1-3-8-18-12(6-7-16-18)13(17-14)11-5-4-10(2)15-9-11/h4-7,9,13,17H,3,8,14H2,1-2H3. The molecule has 0 aliphatic heterocycles. The summed E-state index contributed by atoms with van der Waals surface area (Å²) >= 11 is 0. The number of aryl methyl sites for hydroxylation is 2. The van der Waals surface area contributed by atoms with Crippen molar-refractivity contribution in [3.63, 3.8) is 0 Å².